The van der Waals surface area contributed by atoms with Gasteiger partial charge in [-0.25, -0.2) is 0 Å². The van der Waals surface area contributed by atoms with E-state index in [4.69, 9.17) is 5.11 Å². The molecule has 1 aromatic rings. The summed E-state index contributed by atoms with van der Waals surface area (Å²) in [6, 6.07) is 5.97. The smallest absolute Gasteiger partial charge is 0.269 e. The molecule has 0 fully saturated rings. The molecule has 0 saturated heterocycles. The average Bonchev–Trinajstić information content (AvgIpc) is 2.43. The Hall–Kier alpha value is -1.60. The summed E-state index contributed by atoms with van der Waals surface area (Å²) in [6.07, 6.45) is 0.987. The zero-order valence-corrected chi connectivity index (χ0v) is 11.9. The number of benzene rings is 1. The third-order valence-corrected chi connectivity index (χ3v) is 3.60. The highest BCUT2D eigenvalue weighted by molar-refractivity contribution is 7.99. The Morgan fingerprint density at radius 2 is 2.00 bits per heavy atom. The quantitative estimate of drug-likeness (QED) is 0.408. The van der Waals surface area contributed by atoms with Crippen LogP contribution in [0, 0.1) is 10.1 Å². The normalized spacial score (nSPS) is 10.2. The Morgan fingerprint density at radius 1 is 1.30 bits per heavy atom. The fraction of sp³-hybridized carbons (Fsp3) is 0.462. The second-order valence-electron chi connectivity index (χ2n) is 4.14. The molecule has 0 spiro atoms. The number of nitro benzene ring substituents is 1. The van der Waals surface area contributed by atoms with E-state index in [0.29, 0.717) is 6.54 Å². The highest BCUT2D eigenvalue weighted by atomic mass is 32.2. The predicted octanol–water partition coefficient (Wildman–Crippen LogP) is 1.37. The molecule has 7 heteroatoms. The second-order valence-corrected chi connectivity index (χ2v) is 5.36. The van der Waals surface area contributed by atoms with E-state index in [-0.39, 0.29) is 24.6 Å². The Labute approximate surface area is 121 Å². The summed E-state index contributed by atoms with van der Waals surface area (Å²) in [7, 11) is 0. The van der Waals surface area contributed by atoms with Crippen LogP contribution < -0.4 is 5.32 Å². The summed E-state index contributed by atoms with van der Waals surface area (Å²) in [5.74, 6) is 1.60. The molecule has 0 atom stereocenters. The third-order valence-electron chi connectivity index (χ3n) is 2.53. The van der Waals surface area contributed by atoms with Crippen molar-refractivity contribution in [2.24, 2.45) is 0 Å². The second kappa shape index (κ2) is 9.33. The maximum absolute atomic E-state index is 11.6. The summed E-state index contributed by atoms with van der Waals surface area (Å²) in [5, 5.41) is 21.9. The molecule has 6 nitrogen and oxygen atoms in total. The number of amides is 1. The van der Waals surface area contributed by atoms with Crippen molar-refractivity contribution in [3.8, 4) is 0 Å². The number of thioether (sulfide) groups is 1. The van der Waals surface area contributed by atoms with E-state index in [2.05, 4.69) is 5.32 Å². The molecule has 0 heterocycles. The topological polar surface area (TPSA) is 92.5 Å². The van der Waals surface area contributed by atoms with Crippen molar-refractivity contribution < 1.29 is 14.8 Å². The number of nitro groups is 1. The van der Waals surface area contributed by atoms with Crippen LogP contribution in [0.5, 0.6) is 0 Å². The number of hydrogen-bond donors (Lipinski definition) is 2. The molecule has 0 saturated carbocycles. The molecular weight excluding hydrogens is 280 g/mol. The van der Waals surface area contributed by atoms with Gasteiger partial charge in [-0.3, -0.25) is 14.9 Å². The largest absolute Gasteiger partial charge is 0.396 e. The SMILES string of the molecule is O=C(Cc1ccc([N+](=O)[O-])cc1)NCCSCCCO. The number of carbonyl (C=O) groups is 1. The van der Waals surface area contributed by atoms with E-state index < -0.39 is 4.92 Å². The molecule has 0 bridgehead atoms. The highest BCUT2D eigenvalue weighted by Gasteiger charge is 2.06. The van der Waals surface area contributed by atoms with Gasteiger partial charge in [0.25, 0.3) is 5.69 Å². The molecule has 0 unspecified atom stereocenters. The number of nitrogens with zero attached hydrogens (tertiary/aromatic N) is 1. The van der Waals surface area contributed by atoms with Gasteiger partial charge in [0.1, 0.15) is 0 Å². The van der Waals surface area contributed by atoms with Crippen LogP contribution in [0.4, 0.5) is 5.69 Å². The minimum Gasteiger partial charge on any atom is -0.396 e. The van der Waals surface area contributed by atoms with Gasteiger partial charge in [-0.05, 0) is 17.7 Å². The van der Waals surface area contributed by atoms with Crippen molar-refractivity contribution >= 4 is 23.4 Å². The number of hydrogen-bond acceptors (Lipinski definition) is 5. The molecular formula is C13H18N2O4S. The molecule has 2 N–H and O–H groups in total. The van der Waals surface area contributed by atoms with E-state index in [0.717, 1.165) is 23.5 Å². The van der Waals surface area contributed by atoms with Crippen LogP contribution >= 0.6 is 11.8 Å². The fourth-order valence-corrected chi connectivity index (χ4v) is 2.30. The summed E-state index contributed by atoms with van der Waals surface area (Å²) in [4.78, 5) is 21.7. The zero-order valence-electron chi connectivity index (χ0n) is 11.1. The maximum Gasteiger partial charge on any atom is 0.269 e. The van der Waals surface area contributed by atoms with E-state index >= 15 is 0 Å². The Morgan fingerprint density at radius 3 is 2.60 bits per heavy atom. The van der Waals surface area contributed by atoms with Gasteiger partial charge in [-0.1, -0.05) is 12.1 Å². The molecule has 0 aromatic heterocycles. The van der Waals surface area contributed by atoms with Gasteiger partial charge >= 0.3 is 0 Å². The monoisotopic (exact) mass is 298 g/mol. The van der Waals surface area contributed by atoms with Crippen molar-refractivity contribution in [2.45, 2.75) is 12.8 Å². The molecule has 1 amide bonds. The first-order valence-electron chi connectivity index (χ1n) is 6.32. The molecule has 1 aromatic carbocycles. The summed E-state index contributed by atoms with van der Waals surface area (Å²) in [6.45, 7) is 0.779. The van der Waals surface area contributed by atoms with Crippen molar-refractivity contribution in [1.29, 1.82) is 0 Å². The van der Waals surface area contributed by atoms with E-state index in [1.54, 1.807) is 23.9 Å². The van der Waals surface area contributed by atoms with Crippen molar-refractivity contribution in [1.82, 2.24) is 5.32 Å². The lowest BCUT2D eigenvalue weighted by atomic mass is 10.1. The van der Waals surface area contributed by atoms with Crippen LogP contribution in [0.1, 0.15) is 12.0 Å². The lowest BCUT2D eigenvalue weighted by Crippen LogP contribution is -2.27. The van der Waals surface area contributed by atoms with Crippen LogP contribution in [0.2, 0.25) is 0 Å². The zero-order chi connectivity index (χ0) is 14.8. The first kappa shape index (κ1) is 16.5. The van der Waals surface area contributed by atoms with Crippen LogP contribution in [0.15, 0.2) is 24.3 Å². The van der Waals surface area contributed by atoms with E-state index in [1.807, 2.05) is 0 Å². The number of nitrogens with one attached hydrogen (secondary N) is 1. The van der Waals surface area contributed by atoms with Crippen LogP contribution in [-0.4, -0.2) is 40.6 Å². The number of aliphatic hydroxyl groups excluding tert-OH is 1. The summed E-state index contributed by atoms with van der Waals surface area (Å²) >= 11 is 1.68. The lowest BCUT2D eigenvalue weighted by molar-refractivity contribution is -0.384. The first-order valence-corrected chi connectivity index (χ1v) is 7.47. The third kappa shape index (κ3) is 6.53. The van der Waals surface area contributed by atoms with Gasteiger partial charge in [0.05, 0.1) is 11.3 Å². The minimum atomic E-state index is -0.465. The van der Waals surface area contributed by atoms with Gasteiger partial charge in [0.2, 0.25) is 5.91 Å². The van der Waals surface area contributed by atoms with Crippen LogP contribution in [0.25, 0.3) is 0 Å². The molecule has 0 aliphatic rings. The van der Waals surface area contributed by atoms with Crippen molar-refractivity contribution in [3.63, 3.8) is 0 Å². The molecule has 110 valence electrons. The standard InChI is InChI=1S/C13H18N2O4S/c16-7-1-8-20-9-6-14-13(17)10-11-2-4-12(5-3-11)15(18)19/h2-5,16H,1,6-10H2,(H,14,17). The van der Waals surface area contributed by atoms with Gasteiger partial charge in [0.15, 0.2) is 0 Å². The number of non-ortho nitro benzene ring substituents is 1. The first-order chi connectivity index (χ1) is 9.63. The minimum absolute atomic E-state index is 0.0226. The van der Waals surface area contributed by atoms with Crippen LogP contribution in [0.3, 0.4) is 0 Å². The number of aliphatic hydroxyl groups is 1. The van der Waals surface area contributed by atoms with Crippen LogP contribution in [-0.2, 0) is 11.2 Å². The Kier molecular flexibility index (Phi) is 7.67. The summed E-state index contributed by atoms with van der Waals surface area (Å²) in [5.41, 5.74) is 0.774. The number of rotatable bonds is 9. The average molecular weight is 298 g/mol. The van der Waals surface area contributed by atoms with Crippen molar-refractivity contribution in [2.75, 3.05) is 24.7 Å². The fourth-order valence-electron chi connectivity index (χ4n) is 1.51. The van der Waals surface area contributed by atoms with Gasteiger partial charge in [0, 0.05) is 31.0 Å². The Bertz CT molecular complexity index is 437. The molecule has 0 aliphatic carbocycles. The molecule has 1 rings (SSSR count). The Balaban J connectivity index is 2.23. The summed E-state index contributed by atoms with van der Waals surface area (Å²) < 4.78 is 0. The molecule has 0 radical (unpaired) electrons. The highest BCUT2D eigenvalue weighted by Crippen LogP contribution is 2.12. The van der Waals surface area contributed by atoms with E-state index in [9.17, 15) is 14.9 Å². The van der Waals surface area contributed by atoms with E-state index in [1.165, 1.54) is 12.1 Å². The molecule has 20 heavy (non-hydrogen) atoms. The predicted molar refractivity (Wildman–Crippen MR) is 78.8 cm³/mol. The maximum atomic E-state index is 11.6. The van der Waals surface area contributed by atoms with Gasteiger partial charge < -0.3 is 10.4 Å². The van der Waals surface area contributed by atoms with Gasteiger partial charge in [-0.15, -0.1) is 0 Å². The van der Waals surface area contributed by atoms with Gasteiger partial charge in [-0.2, -0.15) is 11.8 Å². The number of carbonyl (C=O) groups excluding carboxylic acids is 1. The van der Waals surface area contributed by atoms with Crippen molar-refractivity contribution in [3.05, 3.63) is 39.9 Å². The molecule has 0 aliphatic heterocycles. The lowest BCUT2D eigenvalue weighted by Gasteiger charge is -2.05.